The zero-order valence-electron chi connectivity index (χ0n) is 9.07. The minimum atomic E-state index is -4.56. The molecule has 1 aliphatic rings. The largest absolute Gasteiger partial charge is 0.418 e. The highest BCUT2D eigenvalue weighted by Gasteiger charge is 2.42. The molecule has 18 heavy (non-hydrogen) atoms. The molecule has 0 atom stereocenters. The number of alkyl halides is 5. The van der Waals surface area contributed by atoms with Gasteiger partial charge in [-0.3, -0.25) is 0 Å². The molecule has 0 aliphatic carbocycles. The molecular weight excluding hydrogens is 321 g/mol. The van der Waals surface area contributed by atoms with Gasteiger partial charge >= 0.3 is 6.18 Å². The molecule has 1 fully saturated rings. The lowest BCUT2D eigenvalue weighted by Gasteiger charge is -2.23. The van der Waals surface area contributed by atoms with E-state index < -0.39 is 30.6 Å². The van der Waals surface area contributed by atoms with Crippen LogP contribution < -0.4 is 4.90 Å². The molecule has 0 amide bonds. The first-order chi connectivity index (χ1) is 8.19. The van der Waals surface area contributed by atoms with Gasteiger partial charge in [0.05, 0.1) is 12.1 Å². The van der Waals surface area contributed by atoms with E-state index in [0.717, 1.165) is 11.0 Å². The maximum absolute atomic E-state index is 13.1. The van der Waals surface area contributed by atoms with Gasteiger partial charge in [-0.15, -0.1) is 0 Å². The molecule has 0 spiro atoms. The van der Waals surface area contributed by atoms with Gasteiger partial charge in [0.25, 0.3) is 5.92 Å². The van der Waals surface area contributed by atoms with Gasteiger partial charge in [0.1, 0.15) is 0 Å². The molecule has 0 saturated carbocycles. The molecule has 1 nitrogen and oxygen atoms in total. The molecule has 1 aliphatic heterocycles. The third kappa shape index (κ3) is 2.76. The topological polar surface area (TPSA) is 3.24 Å². The van der Waals surface area contributed by atoms with Crippen molar-refractivity contribution in [1.29, 1.82) is 0 Å². The SMILES string of the molecule is FC1(F)CCN(c2ccc(Br)cc2C(F)(F)F)C1. The van der Waals surface area contributed by atoms with Crippen LogP contribution in [0.2, 0.25) is 0 Å². The van der Waals surface area contributed by atoms with Crippen LogP contribution in [-0.4, -0.2) is 19.0 Å². The van der Waals surface area contributed by atoms with E-state index >= 15 is 0 Å². The van der Waals surface area contributed by atoms with Gasteiger partial charge < -0.3 is 4.90 Å². The highest BCUT2D eigenvalue weighted by molar-refractivity contribution is 9.10. The summed E-state index contributed by atoms with van der Waals surface area (Å²) in [5, 5.41) is 0. The first-order valence-corrected chi connectivity index (χ1v) is 5.98. The number of halogens is 6. The lowest BCUT2D eigenvalue weighted by molar-refractivity contribution is -0.137. The summed E-state index contributed by atoms with van der Waals surface area (Å²) in [5.41, 5.74) is -1.09. The van der Waals surface area contributed by atoms with Crippen LogP contribution in [0.5, 0.6) is 0 Å². The van der Waals surface area contributed by atoms with E-state index in [4.69, 9.17) is 0 Å². The minimum Gasteiger partial charge on any atom is -0.365 e. The molecule has 1 heterocycles. The van der Waals surface area contributed by atoms with Crippen molar-refractivity contribution in [2.75, 3.05) is 18.0 Å². The third-order valence-corrected chi connectivity index (χ3v) is 3.27. The Labute approximate surface area is 109 Å². The van der Waals surface area contributed by atoms with Crippen LogP contribution in [0.15, 0.2) is 22.7 Å². The van der Waals surface area contributed by atoms with Gasteiger partial charge in [0.2, 0.25) is 0 Å². The Morgan fingerprint density at radius 1 is 1.22 bits per heavy atom. The van der Waals surface area contributed by atoms with E-state index in [1.165, 1.54) is 12.1 Å². The van der Waals surface area contributed by atoms with Crippen molar-refractivity contribution in [3.63, 3.8) is 0 Å². The summed E-state index contributed by atoms with van der Waals surface area (Å²) in [4.78, 5) is 1.08. The molecule has 1 aromatic carbocycles. The Balaban J connectivity index is 2.40. The normalized spacial score (nSPS) is 19.3. The molecule has 0 N–H and O–H groups in total. The molecule has 0 radical (unpaired) electrons. The van der Waals surface area contributed by atoms with Crippen molar-refractivity contribution < 1.29 is 22.0 Å². The Kier molecular flexibility index (Phi) is 3.29. The summed E-state index contributed by atoms with van der Waals surface area (Å²) in [6.07, 6.45) is -4.97. The fourth-order valence-corrected chi connectivity index (χ4v) is 2.31. The molecule has 1 aromatic rings. The molecule has 100 valence electrons. The van der Waals surface area contributed by atoms with Crippen molar-refractivity contribution in [2.45, 2.75) is 18.5 Å². The lowest BCUT2D eigenvalue weighted by atomic mass is 10.1. The zero-order chi connectivity index (χ0) is 13.6. The molecule has 1 saturated heterocycles. The van der Waals surface area contributed by atoms with Gasteiger partial charge in [0, 0.05) is 23.1 Å². The average Bonchev–Trinajstić information content (AvgIpc) is 2.57. The quantitative estimate of drug-likeness (QED) is 0.694. The average molecular weight is 330 g/mol. The Morgan fingerprint density at radius 2 is 1.89 bits per heavy atom. The minimum absolute atomic E-state index is 0.0717. The van der Waals surface area contributed by atoms with Gasteiger partial charge in [-0.1, -0.05) is 15.9 Å². The molecule has 7 heteroatoms. The van der Waals surface area contributed by atoms with Crippen molar-refractivity contribution in [3.05, 3.63) is 28.2 Å². The van der Waals surface area contributed by atoms with Crippen molar-refractivity contribution >= 4 is 21.6 Å². The van der Waals surface area contributed by atoms with E-state index in [0.29, 0.717) is 0 Å². The smallest absolute Gasteiger partial charge is 0.365 e. The van der Waals surface area contributed by atoms with E-state index in [-0.39, 0.29) is 16.7 Å². The molecule has 2 rings (SSSR count). The summed E-state index contributed by atoms with van der Waals surface area (Å²) in [5.74, 6) is -2.92. The Morgan fingerprint density at radius 3 is 2.39 bits per heavy atom. The summed E-state index contributed by atoms with van der Waals surface area (Å²) < 4.78 is 64.9. The molecule has 0 aromatic heterocycles. The second kappa shape index (κ2) is 4.36. The van der Waals surface area contributed by atoms with Crippen LogP contribution >= 0.6 is 15.9 Å². The molecular formula is C11H9BrF5N. The fourth-order valence-electron chi connectivity index (χ4n) is 1.95. The standard InChI is InChI=1S/C11H9BrF5N/c12-7-1-2-9(8(5-7)11(15,16)17)18-4-3-10(13,14)6-18/h1-2,5H,3-4,6H2. The number of hydrogen-bond acceptors (Lipinski definition) is 1. The maximum atomic E-state index is 13.1. The monoisotopic (exact) mass is 329 g/mol. The second-order valence-electron chi connectivity index (χ2n) is 4.19. The van der Waals surface area contributed by atoms with E-state index in [9.17, 15) is 22.0 Å². The van der Waals surface area contributed by atoms with Crippen LogP contribution in [0, 0.1) is 0 Å². The van der Waals surface area contributed by atoms with Crippen molar-refractivity contribution in [2.24, 2.45) is 0 Å². The lowest BCUT2D eigenvalue weighted by Crippen LogP contribution is -2.27. The van der Waals surface area contributed by atoms with Crippen molar-refractivity contribution in [1.82, 2.24) is 0 Å². The van der Waals surface area contributed by atoms with Crippen LogP contribution in [-0.2, 0) is 6.18 Å². The highest BCUT2D eigenvalue weighted by atomic mass is 79.9. The summed E-state index contributed by atoms with van der Waals surface area (Å²) in [6.45, 7) is -0.741. The van der Waals surface area contributed by atoms with Crippen LogP contribution in [0.3, 0.4) is 0 Å². The maximum Gasteiger partial charge on any atom is 0.418 e. The summed E-state index contributed by atoms with van der Waals surface area (Å²) in [7, 11) is 0. The number of hydrogen-bond donors (Lipinski definition) is 0. The van der Waals surface area contributed by atoms with E-state index in [1.54, 1.807) is 0 Å². The van der Waals surface area contributed by atoms with Crippen LogP contribution in [0.1, 0.15) is 12.0 Å². The number of anilines is 1. The van der Waals surface area contributed by atoms with Crippen LogP contribution in [0.4, 0.5) is 27.6 Å². The van der Waals surface area contributed by atoms with E-state index in [2.05, 4.69) is 15.9 Å². The summed E-state index contributed by atoms with van der Waals surface area (Å²) >= 11 is 2.95. The molecule has 0 unspecified atom stereocenters. The van der Waals surface area contributed by atoms with Gasteiger partial charge in [-0.05, 0) is 18.2 Å². The predicted octanol–water partition coefficient (Wildman–Crippen LogP) is 4.31. The van der Waals surface area contributed by atoms with Gasteiger partial charge in [0.15, 0.2) is 0 Å². The first kappa shape index (κ1) is 13.6. The number of nitrogens with zero attached hydrogens (tertiary/aromatic N) is 1. The van der Waals surface area contributed by atoms with Gasteiger partial charge in [-0.2, -0.15) is 13.2 Å². The zero-order valence-corrected chi connectivity index (χ0v) is 10.7. The van der Waals surface area contributed by atoms with E-state index in [1.807, 2.05) is 0 Å². The van der Waals surface area contributed by atoms with Crippen LogP contribution in [0.25, 0.3) is 0 Å². The first-order valence-electron chi connectivity index (χ1n) is 5.19. The van der Waals surface area contributed by atoms with Crippen molar-refractivity contribution in [3.8, 4) is 0 Å². The third-order valence-electron chi connectivity index (χ3n) is 2.77. The Hall–Kier alpha value is -0.850. The molecule has 0 bridgehead atoms. The summed E-state index contributed by atoms with van der Waals surface area (Å²) in [6, 6.07) is 3.54. The number of benzene rings is 1. The Bertz CT molecular complexity index is 457. The predicted molar refractivity (Wildman–Crippen MR) is 60.9 cm³/mol. The number of rotatable bonds is 1. The fraction of sp³-hybridized carbons (Fsp3) is 0.455. The highest BCUT2D eigenvalue weighted by Crippen LogP contribution is 2.41. The second-order valence-corrected chi connectivity index (χ2v) is 5.10. The van der Waals surface area contributed by atoms with Gasteiger partial charge in [-0.25, -0.2) is 8.78 Å².